The van der Waals surface area contributed by atoms with Crippen LogP contribution in [0.4, 0.5) is 0 Å². The lowest BCUT2D eigenvalue weighted by molar-refractivity contribution is 0.0145. The van der Waals surface area contributed by atoms with E-state index in [2.05, 4.69) is 5.32 Å². The number of ketones is 1. The van der Waals surface area contributed by atoms with E-state index >= 15 is 0 Å². The van der Waals surface area contributed by atoms with Gasteiger partial charge in [0.1, 0.15) is 12.7 Å². The minimum atomic E-state index is -0.411. The highest BCUT2D eigenvalue weighted by atomic mass is 16.7. The average Bonchev–Trinajstić information content (AvgIpc) is 3.24. The summed E-state index contributed by atoms with van der Waals surface area (Å²) in [5.74, 6) is 2.75. The first kappa shape index (κ1) is 19.0. The predicted octanol–water partition coefficient (Wildman–Crippen LogP) is 2.58. The molecule has 0 aromatic heterocycles. The third-order valence-corrected chi connectivity index (χ3v) is 5.88. The Morgan fingerprint density at radius 2 is 1.90 bits per heavy atom. The van der Waals surface area contributed by atoms with Crippen molar-refractivity contribution in [3.8, 4) is 28.7 Å². The monoisotopic (exact) mass is 413 g/mol. The lowest BCUT2D eigenvalue weighted by Crippen LogP contribution is -2.38. The molecule has 5 rings (SSSR count). The molecule has 2 aromatic rings. The Morgan fingerprint density at radius 3 is 2.67 bits per heavy atom. The highest BCUT2D eigenvalue weighted by Crippen LogP contribution is 2.52. The van der Waals surface area contributed by atoms with E-state index in [1.165, 1.54) is 7.11 Å². The fourth-order valence-electron chi connectivity index (χ4n) is 4.62. The predicted molar refractivity (Wildman–Crippen MR) is 106 cm³/mol. The molecule has 0 radical (unpaired) electrons. The van der Waals surface area contributed by atoms with Crippen molar-refractivity contribution in [1.29, 1.82) is 0 Å². The van der Waals surface area contributed by atoms with Gasteiger partial charge in [0, 0.05) is 5.56 Å². The lowest BCUT2D eigenvalue weighted by Gasteiger charge is -2.37. The van der Waals surface area contributed by atoms with Crippen molar-refractivity contribution in [2.75, 3.05) is 41.3 Å². The maximum Gasteiger partial charge on any atom is 0.231 e. The van der Waals surface area contributed by atoms with Crippen LogP contribution < -0.4 is 29.0 Å². The van der Waals surface area contributed by atoms with E-state index < -0.39 is 6.10 Å². The van der Waals surface area contributed by atoms with E-state index in [1.54, 1.807) is 20.3 Å². The first-order chi connectivity index (χ1) is 14.7. The smallest absolute Gasteiger partial charge is 0.231 e. The van der Waals surface area contributed by atoms with E-state index in [1.807, 2.05) is 12.1 Å². The van der Waals surface area contributed by atoms with Crippen LogP contribution in [0.2, 0.25) is 0 Å². The zero-order valence-corrected chi connectivity index (χ0v) is 17.1. The quantitative estimate of drug-likeness (QED) is 0.819. The number of methoxy groups -OCH3 is 3. The molecule has 0 amide bonds. The Labute approximate surface area is 174 Å². The Hall–Kier alpha value is -2.97. The topological polar surface area (TPSA) is 84.5 Å². The molecule has 8 nitrogen and oxygen atoms in total. The van der Waals surface area contributed by atoms with Crippen LogP contribution >= 0.6 is 0 Å². The first-order valence-corrected chi connectivity index (χ1v) is 9.80. The van der Waals surface area contributed by atoms with Crippen molar-refractivity contribution < 1.29 is 33.2 Å². The van der Waals surface area contributed by atoms with Gasteiger partial charge in [-0.25, -0.2) is 0 Å². The Bertz CT molecular complexity index is 1020. The summed E-state index contributed by atoms with van der Waals surface area (Å²) in [5.41, 5.74) is 3.34. The van der Waals surface area contributed by atoms with Crippen LogP contribution in [0.1, 0.15) is 39.2 Å². The third-order valence-electron chi connectivity index (χ3n) is 5.88. The van der Waals surface area contributed by atoms with E-state index in [4.69, 9.17) is 28.4 Å². The van der Waals surface area contributed by atoms with Crippen molar-refractivity contribution in [2.45, 2.75) is 18.6 Å². The van der Waals surface area contributed by atoms with Gasteiger partial charge in [-0.3, -0.25) is 4.79 Å². The van der Waals surface area contributed by atoms with Crippen LogP contribution in [-0.4, -0.2) is 47.1 Å². The van der Waals surface area contributed by atoms with Gasteiger partial charge in [-0.2, -0.15) is 0 Å². The van der Waals surface area contributed by atoms with Gasteiger partial charge in [-0.1, -0.05) is 6.07 Å². The summed E-state index contributed by atoms with van der Waals surface area (Å²) in [6, 6.07) is 5.45. The van der Waals surface area contributed by atoms with E-state index in [0.717, 1.165) is 29.7 Å². The number of Topliss-reactive ketones (excluding diaryl/α,β-unsaturated/α-hetero) is 1. The second-order valence-electron chi connectivity index (χ2n) is 7.32. The van der Waals surface area contributed by atoms with E-state index in [0.29, 0.717) is 34.3 Å². The molecule has 2 atom stereocenters. The van der Waals surface area contributed by atoms with Gasteiger partial charge in [0.2, 0.25) is 12.5 Å². The molecule has 3 aliphatic rings. The van der Waals surface area contributed by atoms with Crippen LogP contribution in [0.15, 0.2) is 18.2 Å². The van der Waals surface area contributed by atoms with Crippen LogP contribution in [0.5, 0.6) is 28.7 Å². The average molecular weight is 413 g/mol. The van der Waals surface area contributed by atoms with Crippen LogP contribution in [0.25, 0.3) is 0 Å². The second kappa shape index (κ2) is 7.37. The maximum absolute atomic E-state index is 12.7. The summed E-state index contributed by atoms with van der Waals surface area (Å²) in [6.07, 6.45) is 0.411. The molecule has 0 saturated carbocycles. The molecule has 30 heavy (non-hydrogen) atoms. The molecular formula is C22H23NO7. The number of nitrogens with one attached hydrogen (secondary N) is 1. The number of rotatable bonds is 4. The molecule has 3 heterocycles. The second-order valence-corrected chi connectivity index (χ2v) is 7.32. The van der Waals surface area contributed by atoms with Crippen molar-refractivity contribution in [3.63, 3.8) is 0 Å². The Morgan fingerprint density at radius 1 is 1.07 bits per heavy atom. The van der Waals surface area contributed by atoms with Gasteiger partial charge in [0.25, 0.3) is 0 Å². The molecule has 0 spiro atoms. The van der Waals surface area contributed by atoms with Crippen LogP contribution in [0.3, 0.4) is 0 Å². The molecule has 1 N–H and O–H groups in total. The number of fused-ring (bicyclic) bond motifs is 3. The fraction of sp³-hybridized carbons (Fsp3) is 0.409. The van der Waals surface area contributed by atoms with Gasteiger partial charge in [0.05, 0.1) is 32.9 Å². The van der Waals surface area contributed by atoms with Gasteiger partial charge in [0.15, 0.2) is 28.8 Å². The standard InChI is InChI=1S/C22H23NO7/c1-25-14-5-4-12-17(20(14)26-2)13(24)9-28-19(12)18-16-11(6-7-23-18)8-15-21(22(16)27-3)30-10-29-15/h4-5,8,18-19,23H,6-7,9-10H2,1-3H3/t18-,19-/m1/s1. The normalized spacial score (nSPS) is 21.6. The molecule has 3 aliphatic heterocycles. The van der Waals surface area contributed by atoms with Gasteiger partial charge >= 0.3 is 0 Å². The van der Waals surface area contributed by atoms with Crippen LogP contribution in [0, 0.1) is 0 Å². The molecule has 0 saturated heterocycles. The summed E-state index contributed by atoms with van der Waals surface area (Å²) >= 11 is 0. The molecule has 8 heteroatoms. The molecule has 0 unspecified atom stereocenters. The summed E-state index contributed by atoms with van der Waals surface area (Å²) in [4.78, 5) is 12.7. The van der Waals surface area contributed by atoms with Crippen molar-refractivity contribution in [2.24, 2.45) is 0 Å². The summed E-state index contributed by atoms with van der Waals surface area (Å²) in [7, 11) is 4.71. The van der Waals surface area contributed by atoms with Crippen molar-refractivity contribution in [3.05, 3.63) is 40.5 Å². The Balaban J connectivity index is 1.66. The molecule has 0 aliphatic carbocycles. The third kappa shape index (κ3) is 2.71. The zero-order valence-electron chi connectivity index (χ0n) is 17.1. The van der Waals surface area contributed by atoms with E-state index in [-0.39, 0.29) is 25.2 Å². The number of ether oxygens (including phenoxy) is 6. The number of benzene rings is 2. The number of hydrogen-bond acceptors (Lipinski definition) is 8. The molecule has 0 fully saturated rings. The number of carbonyl (C=O) groups excluding carboxylic acids is 1. The zero-order chi connectivity index (χ0) is 20.8. The fourth-order valence-corrected chi connectivity index (χ4v) is 4.62. The molecule has 2 aromatic carbocycles. The highest BCUT2D eigenvalue weighted by Gasteiger charge is 2.41. The van der Waals surface area contributed by atoms with Gasteiger partial charge < -0.3 is 33.7 Å². The maximum atomic E-state index is 12.7. The summed E-state index contributed by atoms with van der Waals surface area (Å²) in [6.45, 7) is 0.888. The molecule has 158 valence electrons. The molecular weight excluding hydrogens is 390 g/mol. The minimum Gasteiger partial charge on any atom is -0.493 e. The number of carbonyl (C=O) groups is 1. The highest BCUT2D eigenvalue weighted by molar-refractivity contribution is 6.02. The van der Waals surface area contributed by atoms with Crippen LogP contribution in [-0.2, 0) is 11.2 Å². The summed E-state index contributed by atoms with van der Waals surface area (Å²) < 4.78 is 34.0. The lowest BCUT2D eigenvalue weighted by atomic mass is 9.84. The number of hydrogen-bond donors (Lipinski definition) is 1. The summed E-state index contributed by atoms with van der Waals surface area (Å²) in [5, 5.41) is 3.55. The SMILES string of the molecule is COc1ccc2c(c1OC)C(=O)CO[C@H]2[C@@H]1NCCc2cc3c(c(OC)c21)OCO3. The largest absolute Gasteiger partial charge is 0.493 e. The minimum absolute atomic E-state index is 0.0401. The van der Waals surface area contributed by atoms with Crippen molar-refractivity contribution >= 4 is 5.78 Å². The first-order valence-electron chi connectivity index (χ1n) is 9.80. The van der Waals surface area contributed by atoms with E-state index in [9.17, 15) is 4.79 Å². The van der Waals surface area contributed by atoms with Gasteiger partial charge in [-0.05, 0) is 36.2 Å². The molecule has 0 bridgehead atoms. The van der Waals surface area contributed by atoms with Crippen molar-refractivity contribution in [1.82, 2.24) is 5.32 Å². The van der Waals surface area contributed by atoms with Gasteiger partial charge in [-0.15, -0.1) is 0 Å². The Kier molecular flexibility index (Phi) is 4.67.